The summed E-state index contributed by atoms with van der Waals surface area (Å²) in [5.41, 5.74) is 0. The Morgan fingerprint density at radius 3 is 2.36 bits per heavy atom. The van der Waals surface area contributed by atoms with Crippen LogP contribution in [0.5, 0.6) is 11.5 Å². The van der Waals surface area contributed by atoms with Crippen LogP contribution in [0.15, 0.2) is 4.42 Å². The first-order chi connectivity index (χ1) is 5.16. The summed E-state index contributed by atoms with van der Waals surface area (Å²) in [7, 11) is 0. The first-order valence-electron chi connectivity index (χ1n) is 3.58. The lowest BCUT2D eigenvalue weighted by Crippen LogP contribution is -1.90. The Bertz CT molecular complexity index is 250. The highest BCUT2D eigenvalue weighted by molar-refractivity contribution is 5.43. The van der Waals surface area contributed by atoms with Gasteiger partial charge in [-0.1, -0.05) is 0 Å². The minimum Gasteiger partial charge on any atom is -0.502 e. The minimum atomic E-state index is 0.115. The van der Waals surface area contributed by atoms with Crippen molar-refractivity contribution in [3.8, 4) is 11.5 Å². The van der Waals surface area contributed by atoms with Crippen LogP contribution in [0.1, 0.15) is 18.4 Å². The van der Waals surface area contributed by atoms with Crippen LogP contribution in [0.4, 0.5) is 0 Å². The Kier molecular flexibility index (Phi) is 2.08. The fourth-order valence-corrected chi connectivity index (χ4v) is 0.965. The zero-order valence-electron chi connectivity index (χ0n) is 6.97. The molecule has 0 spiro atoms. The molecule has 0 saturated heterocycles. The van der Waals surface area contributed by atoms with Gasteiger partial charge in [-0.25, -0.2) is 0 Å². The largest absolute Gasteiger partial charge is 0.502 e. The van der Waals surface area contributed by atoms with Crippen LogP contribution in [0.25, 0.3) is 0 Å². The molecule has 62 valence electrons. The summed E-state index contributed by atoms with van der Waals surface area (Å²) in [6.07, 6.45) is 0. The molecule has 0 radical (unpaired) electrons. The van der Waals surface area contributed by atoms with Crippen molar-refractivity contribution in [1.82, 2.24) is 0 Å². The molecule has 11 heavy (non-hydrogen) atoms. The first kappa shape index (κ1) is 7.98. The lowest BCUT2D eigenvalue weighted by molar-refractivity contribution is 0.315. The lowest BCUT2D eigenvalue weighted by atomic mass is 10.4. The average molecular weight is 156 g/mol. The smallest absolute Gasteiger partial charge is 0.202 e. The van der Waals surface area contributed by atoms with Crippen LogP contribution >= 0.6 is 0 Å². The van der Waals surface area contributed by atoms with Crippen LogP contribution in [-0.2, 0) is 0 Å². The van der Waals surface area contributed by atoms with Crippen molar-refractivity contribution in [3.63, 3.8) is 0 Å². The van der Waals surface area contributed by atoms with Crippen molar-refractivity contribution >= 4 is 0 Å². The van der Waals surface area contributed by atoms with Crippen LogP contribution in [0.2, 0.25) is 0 Å². The second kappa shape index (κ2) is 2.86. The quantitative estimate of drug-likeness (QED) is 0.712. The maximum absolute atomic E-state index is 9.33. The van der Waals surface area contributed by atoms with Gasteiger partial charge in [0.05, 0.1) is 6.61 Å². The molecule has 3 heteroatoms. The zero-order chi connectivity index (χ0) is 8.43. The second-order valence-corrected chi connectivity index (χ2v) is 2.33. The van der Waals surface area contributed by atoms with Gasteiger partial charge < -0.3 is 14.3 Å². The molecule has 0 aliphatic heterocycles. The van der Waals surface area contributed by atoms with Crippen molar-refractivity contribution in [3.05, 3.63) is 11.5 Å². The van der Waals surface area contributed by atoms with E-state index in [0.717, 1.165) is 0 Å². The van der Waals surface area contributed by atoms with Crippen LogP contribution in [0, 0.1) is 13.8 Å². The molecular formula is C8H12O3. The van der Waals surface area contributed by atoms with E-state index in [1.54, 1.807) is 13.8 Å². The Morgan fingerprint density at radius 1 is 1.36 bits per heavy atom. The lowest BCUT2D eigenvalue weighted by Gasteiger charge is -1.99. The van der Waals surface area contributed by atoms with Crippen LogP contribution < -0.4 is 4.74 Å². The van der Waals surface area contributed by atoms with E-state index in [9.17, 15) is 5.11 Å². The zero-order valence-corrected chi connectivity index (χ0v) is 6.97. The molecule has 3 nitrogen and oxygen atoms in total. The van der Waals surface area contributed by atoms with E-state index in [2.05, 4.69) is 0 Å². The molecule has 0 bridgehead atoms. The molecule has 1 aromatic heterocycles. The van der Waals surface area contributed by atoms with Crippen molar-refractivity contribution < 1.29 is 14.3 Å². The Morgan fingerprint density at radius 2 is 2.00 bits per heavy atom. The number of ether oxygens (including phenoxy) is 1. The van der Waals surface area contributed by atoms with Crippen molar-refractivity contribution in [2.24, 2.45) is 0 Å². The van der Waals surface area contributed by atoms with Gasteiger partial charge in [-0.15, -0.1) is 0 Å². The number of rotatable bonds is 2. The van der Waals surface area contributed by atoms with E-state index in [4.69, 9.17) is 9.15 Å². The maximum atomic E-state index is 9.33. The fourth-order valence-electron chi connectivity index (χ4n) is 0.965. The summed E-state index contributed by atoms with van der Waals surface area (Å²) in [5.74, 6) is 1.71. The maximum Gasteiger partial charge on any atom is 0.202 e. The van der Waals surface area contributed by atoms with E-state index in [1.807, 2.05) is 6.92 Å². The van der Waals surface area contributed by atoms with Gasteiger partial charge in [0.25, 0.3) is 0 Å². The van der Waals surface area contributed by atoms with Gasteiger partial charge in [-0.3, -0.25) is 0 Å². The van der Waals surface area contributed by atoms with E-state index in [0.29, 0.717) is 23.9 Å². The fraction of sp³-hybridized carbons (Fsp3) is 0.500. The van der Waals surface area contributed by atoms with Crippen molar-refractivity contribution in [1.29, 1.82) is 0 Å². The van der Waals surface area contributed by atoms with Gasteiger partial charge in [-0.05, 0) is 20.8 Å². The number of hydrogen-bond acceptors (Lipinski definition) is 3. The molecule has 0 aliphatic rings. The third-order valence-electron chi connectivity index (χ3n) is 1.46. The van der Waals surface area contributed by atoms with E-state index in [1.165, 1.54) is 0 Å². The summed E-state index contributed by atoms with van der Waals surface area (Å²) >= 11 is 0. The molecular weight excluding hydrogens is 144 g/mol. The van der Waals surface area contributed by atoms with Crippen molar-refractivity contribution in [2.75, 3.05) is 6.61 Å². The summed E-state index contributed by atoms with van der Waals surface area (Å²) in [6.45, 7) is 5.86. The van der Waals surface area contributed by atoms with Gasteiger partial charge in [0.1, 0.15) is 11.5 Å². The molecule has 1 rings (SSSR count). The van der Waals surface area contributed by atoms with Crippen molar-refractivity contribution in [2.45, 2.75) is 20.8 Å². The Hall–Kier alpha value is -1.12. The van der Waals surface area contributed by atoms with Gasteiger partial charge in [0, 0.05) is 0 Å². The molecule has 0 unspecified atom stereocenters. The molecule has 0 amide bonds. The number of aromatic hydroxyl groups is 1. The molecule has 1 heterocycles. The average Bonchev–Trinajstić information content (AvgIpc) is 2.17. The predicted octanol–water partition coefficient (Wildman–Crippen LogP) is 2.00. The summed E-state index contributed by atoms with van der Waals surface area (Å²) in [5, 5.41) is 9.33. The molecule has 0 saturated carbocycles. The molecule has 0 fully saturated rings. The molecule has 0 aliphatic carbocycles. The van der Waals surface area contributed by atoms with Gasteiger partial charge in [0.2, 0.25) is 5.75 Å². The van der Waals surface area contributed by atoms with E-state index in [-0.39, 0.29) is 5.75 Å². The van der Waals surface area contributed by atoms with Gasteiger partial charge >= 0.3 is 0 Å². The monoisotopic (exact) mass is 156 g/mol. The van der Waals surface area contributed by atoms with E-state index < -0.39 is 0 Å². The topological polar surface area (TPSA) is 42.6 Å². The molecule has 0 aromatic carbocycles. The third-order valence-corrected chi connectivity index (χ3v) is 1.46. The third kappa shape index (κ3) is 1.31. The number of aryl methyl sites for hydroxylation is 2. The summed E-state index contributed by atoms with van der Waals surface area (Å²) < 4.78 is 10.3. The van der Waals surface area contributed by atoms with Crippen LogP contribution in [-0.4, -0.2) is 11.7 Å². The highest BCUT2D eigenvalue weighted by Crippen LogP contribution is 2.35. The summed E-state index contributed by atoms with van der Waals surface area (Å²) in [4.78, 5) is 0. The molecule has 0 atom stereocenters. The molecule has 1 N–H and O–H groups in total. The number of hydrogen-bond donors (Lipinski definition) is 1. The summed E-state index contributed by atoms with van der Waals surface area (Å²) in [6, 6.07) is 0. The SMILES string of the molecule is CCOc1c(C)oc(C)c1O. The highest BCUT2D eigenvalue weighted by atomic mass is 16.5. The van der Waals surface area contributed by atoms with Gasteiger partial charge in [-0.2, -0.15) is 0 Å². The Balaban J connectivity index is 3.02. The standard InChI is InChI=1S/C8H12O3/c1-4-10-8-6(3)11-5(2)7(8)9/h9H,4H2,1-3H3. The second-order valence-electron chi connectivity index (χ2n) is 2.33. The predicted molar refractivity (Wildman–Crippen MR) is 41.0 cm³/mol. The molecule has 1 aromatic rings. The van der Waals surface area contributed by atoms with E-state index >= 15 is 0 Å². The highest BCUT2D eigenvalue weighted by Gasteiger charge is 2.13. The van der Waals surface area contributed by atoms with Gasteiger partial charge in [0.15, 0.2) is 5.75 Å². The van der Waals surface area contributed by atoms with Crippen LogP contribution in [0.3, 0.4) is 0 Å². The Labute approximate surface area is 65.6 Å². The number of furan rings is 1. The first-order valence-corrected chi connectivity index (χ1v) is 3.58. The minimum absolute atomic E-state index is 0.115. The normalized spacial score (nSPS) is 10.1.